The van der Waals surface area contributed by atoms with E-state index in [1.54, 1.807) is 12.1 Å². The second kappa shape index (κ2) is 6.26. The smallest absolute Gasteiger partial charge is 0.171 e. The summed E-state index contributed by atoms with van der Waals surface area (Å²) in [7, 11) is 1.91. The lowest BCUT2D eigenvalue weighted by Gasteiger charge is -2.46. The molecule has 0 saturated heterocycles. The molecule has 3 atom stereocenters. The fourth-order valence-corrected chi connectivity index (χ4v) is 4.17. The number of halogens is 1. The van der Waals surface area contributed by atoms with Gasteiger partial charge in [0.25, 0.3) is 0 Å². The molecule has 1 aromatic rings. The first kappa shape index (κ1) is 17.1. The summed E-state index contributed by atoms with van der Waals surface area (Å²) >= 11 is 6.41. The van der Waals surface area contributed by atoms with E-state index >= 15 is 0 Å². The average Bonchev–Trinajstić information content (AvgIpc) is 2.62. The third kappa shape index (κ3) is 2.39. The molecule has 6 heteroatoms. The lowest BCUT2D eigenvalue weighted by atomic mass is 9.56. The van der Waals surface area contributed by atoms with Gasteiger partial charge in [0.05, 0.1) is 29.8 Å². The van der Waals surface area contributed by atoms with Crippen molar-refractivity contribution >= 4 is 11.6 Å². The van der Waals surface area contributed by atoms with Crippen LogP contribution in [0.15, 0.2) is 47.7 Å². The third-order valence-electron chi connectivity index (χ3n) is 5.13. The van der Waals surface area contributed by atoms with Crippen LogP contribution in [-0.2, 0) is 0 Å². The Bertz CT molecular complexity index is 882. The van der Waals surface area contributed by atoms with Crippen molar-refractivity contribution in [2.75, 3.05) is 13.6 Å². The number of allylic oxidation sites excluding steroid dienone is 1. The van der Waals surface area contributed by atoms with Crippen LogP contribution in [0.25, 0.3) is 0 Å². The number of fused-ring (bicyclic) bond motifs is 1. The van der Waals surface area contributed by atoms with Crippen molar-refractivity contribution in [2.45, 2.75) is 12.0 Å². The van der Waals surface area contributed by atoms with Gasteiger partial charge in [0.2, 0.25) is 0 Å². The van der Waals surface area contributed by atoms with E-state index in [1.165, 1.54) is 0 Å². The Balaban J connectivity index is 2.35. The van der Waals surface area contributed by atoms with Crippen LogP contribution in [-0.4, -0.2) is 24.5 Å². The highest BCUT2D eigenvalue weighted by Gasteiger charge is 2.56. The molecule has 1 aromatic carbocycles. The Labute approximate surface area is 151 Å². The highest BCUT2D eigenvalue weighted by atomic mass is 35.5. The molecular formula is C19H16ClN5. The maximum atomic E-state index is 9.94. The van der Waals surface area contributed by atoms with E-state index in [2.05, 4.69) is 18.2 Å². The first-order valence-electron chi connectivity index (χ1n) is 7.85. The van der Waals surface area contributed by atoms with Crippen molar-refractivity contribution in [3.05, 3.63) is 58.3 Å². The molecule has 0 saturated carbocycles. The number of benzene rings is 1. The molecule has 0 aromatic heterocycles. The highest BCUT2D eigenvalue weighted by molar-refractivity contribution is 6.31. The Hall–Kier alpha value is -2.78. The van der Waals surface area contributed by atoms with Gasteiger partial charge in [-0.2, -0.15) is 15.8 Å². The monoisotopic (exact) mass is 349 g/mol. The maximum absolute atomic E-state index is 9.94. The predicted octanol–water partition coefficient (Wildman–Crippen LogP) is 2.69. The Morgan fingerprint density at radius 2 is 1.92 bits per heavy atom. The molecule has 2 aliphatic rings. The van der Waals surface area contributed by atoms with Gasteiger partial charge in [0, 0.05) is 30.5 Å². The SMILES string of the molecule is CN1C=CC2=C(C#N)[C@H](N)C(C#N)(C#N)[C@H](c3ccccc3Cl)[C@H]2C1. The van der Waals surface area contributed by atoms with E-state index < -0.39 is 17.4 Å². The minimum Gasteiger partial charge on any atom is -0.380 e. The molecule has 1 heterocycles. The molecule has 0 fully saturated rings. The summed E-state index contributed by atoms with van der Waals surface area (Å²) < 4.78 is 0. The van der Waals surface area contributed by atoms with Crippen molar-refractivity contribution in [3.63, 3.8) is 0 Å². The molecule has 0 spiro atoms. The Kier molecular flexibility index (Phi) is 4.27. The highest BCUT2D eigenvalue weighted by Crippen LogP contribution is 2.53. The molecule has 0 unspecified atom stereocenters. The van der Waals surface area contributed by atoms with Crippen LogP contribution in [0.4, 0.5) is 0 Å². The number of rotatable bonds is 1. The molecule has 2 N–H and O–H groups in total. The summed E-state index contributed by atoms with van der Waals surface area (Å²) in [6.45, 7) is 0.574. The van der Waals surface area contributed by atoms with Crippen LogP contribution in [0.2, 0.25) is 5.02 Å². The average molecular weight is 350 g/mol. The molecule has 5 nitrogen and oxygen atoms in total. The Morgan fingerprint density at radius 1 is 1.24 bits per heavy atom. The number of nitrogens with two attached hydrogens (primary N) is 1. The van der Waals surface area contributed by atoms with Gasteiger partial charge in [0.1, 0.15) is 0 Å². The predicted molar refractivity (Wildman–Crippen MR) is 93.7 cm³/mol. The molecule has 25 heavy (non-hydrogen) atoms. The van der Waals surface area contributed by atoms with Crippen molar-refractivity contribution in [1.29, 1.82) is 15.8 Å². The first-order chi connectivity index (χ1) is 12.0. The molecule has 0 radical (unpaired) electrons. The number of nitriles is 3. The molecule has 0 amide bonds. The summed E-state index contributed by atoms with van der Waals surface area (Å²) in [6.07, 6.45) is 3.74. The second-order valence-corrected chi connectivity index (χ2v) is 6.82. The summed E-state index contributed by atoms with van der Waals surface area (Å²) in [5.41, 5.74) is 6.54. The van der Waals surface area contributed by atoms with Crippen LogP contribution in [0.1, 0.15) is 11.5 Å². The summed E-state index contributed by atoms with van der Waals surface area (Å²) in [4.78, 5) is 1.98. The van der Waals surface area contributed by atoms with Crippen LogP contribution in [0, 0.1) is 45.3 Å². The molecule has 0 bridgehead atoms. The Morgan fingerprint density at radius 3 is 2.52 bits per heavy atom. The van der Waals surface area contributed by atoms with Crippen molar-refractivity contribution in [2.24, 2.45) is 17.1 Å². The van der Waals surface area contributed by atoms with Crippen LogP contribution < -0.4 is 5.73 Å². The fourth-order valence-electron chi connectivity index (χ4n) is 3.92. The molecule has 3 rings (SSSR count). The van der Waals surface area contributed by atoms with Crippen molar-refractivity contribution < 1.29 is 0 Å². The van der Waals surface area contributed by atoms with Gasteiger partial charge in [-0.05, 0) is 29.5 Å². The number of hydrogen-bond donors (Lipinski definition) is 1. The van der Waals surface area contributed by atoms with Gasteiger partial charge in [-0.25, -0.2) is 0 Å². The zero-order chi connectivity index (χ0) is 18.2. The first-order valence-corrected chi connectivity index (χ1v) is 8.23. The minimum absolute atomic E-state index is 0.219. The topological polar surface area (TPSA) is 101 Å². The largest absolute Gasteiger partial charge is 0.380 e. The van der Waals surface area contributed by atoms with Crippen LogP contribution in [0.3, 0.4) is 0 Å². The number of hydrogen-bond acceptors (Lipinski definition) is 5. The van der Waals surface area contributed by atoms with Gasteiger partial charge in [-0.3, -0.25) is 0 Å². The third-order valence-corrected chi connectivity index (χ3v) is 5.47. The molecule has 1 aliphatic carbocycles. The zero-order valence-corrected chi connectivity index (χ0v) is 14.4. The van der Waals surface area contributed by atoms with Crippen LogP contribution in [0.5, 0.6) is 0 Å². The minimum atomic E-state index is -1.56. The summed E-state index contributed by atoms with van der Waals surface area (Å²) in [5.74, 6) is -0.741. The normalized spacial score (nSPS) is 27.0. The lowest BCUT2D eigenvalue weighted by molar-refractivity contribution is 0.230. The van der Waals surface area contributed by atoms with Crippen LogP contribution >= 0.6 is 11.6 Å². The molecule has 124 valence electrons. The molecular weight excluding hydrogens is 334 g/mol. The summed E-state index contributed by atoms with van der Waals surface area (Å²) in [5, 5.41) is 30.0. The van der Waals surface area contributed by atoms with E-state index in [4.69, 9.17) is 17.3 Å². The maximum Gasteiger partial charge on any atom is 0.171 e. The van der Waals surface area contributed by atoms with Gasteiger partial charge >= 0.3 is 0 Å². The van der Waals surface area contributed by atoms with E-state index in [-0.39, 0.29) is 5.92 Å². The van der Waals surface area contributed by atoms with Crippen molar-refractivity contribution in [1.82, 2.24) is 4.90 Å². The van der Waals surface area contributed by atoms with Gasteiger partial charge < -0.3 is 10.6 Å². The molecule has 1 aliphatic heterocycles. The lowest BCUT2D eigenvalue weighted by Crippen LogP contribution is -2.53. The van der Waals surface area contributed by atoms with Gasteiger partial charge in [-0.15, -0.1) is 0 Å². The van der Waals surface area contributed by atoms with Gasteiger partial charge in [-0.1, -0.05) is 29.8 Å². The van der Waals surface area contributed by atoms with Gasteiger partial charge in [0.15, 0.2) is 5.41 Å². The summed E-state index contributed by atoms with van der Waals surface area (Å²) in [6, 6.07) is 12.6. The van der Waals surface area contributed by atoms with E-state index in [9.17, 15) is 15.8 Å². The van der Waals surface area contributed by atoms with E-state index in [0.717, 1.165) is 5.57 Å². The fraction of sp³-hybridized carbons (Fsp3) is 0.316. The zero-order valence-electron chi connectivity index (χ0n) is 13.6. The van der Waals surface area contributed by atoms with E-state index in [0.29, 0.717) is 22.7 Å². The van der Waals surface area contributed by atoms with E-state index in [1.807, 2.05) is 36.4 Å². The number of nitrogens with zero attached hydrogens (tertiary/aromatic N) is 4. The standard InChI is InChI=1S/C19H16ClN5/c1-25-7-6-12-14(8-21)18(24)19(10-22,11-23)17(15(12)9-25)13-4-2-3-5-16(13)20/h2-7,15,17-18H,9,24H2,1H3/t15-,17+,18-/m0/s1. The van der Waals surface area contributed by atoms with Crippen molar-refractivity contribution in [3.8, 4) is 18.2 Å². The quantitative estimate of drug-likeness (QED) is 0.840. The second-order valence-electron chi connectivity index (χ2n) is 6.41.